The fourth-order valence-electron chi connectivity index (χ4n) is 4.11. The van der Waals surface area contributed by atoms with Gasteiger partial charge in [-0.15, -0.1) is 0 Å². The van der Waals surface area contributed by atoms with Crippen molar-refractivity contribution in [1.29, 1.82) is 0 Å². The van der Waals surface area contributed by atoms with Crippen LogP contribution in [0.1, 0.15) is 38.8 Å². The number of halogens is 2. The lowest BCUT2D eigenvalue weighted by atomic mass is 9.83. The van der Waals surface area contributed by atoms with Crippen LogP contribution >= 0.6 is 27.5 Å². The first kappa shape index (κ1) is 26.4. The van der Waals surface area contributed by atoms with Crippen molar-refractivity contribution in [3.63, 3.8) is 0 Å². The SMILES string of the molecule is CC(=O)OCC12CO[C@@](c3ccc(Cl)c(CBr)c3)(O1)C(OC(C)=O)C(OC(C)=O)C2OC(C)=O. The maximum Gasteiger partial charge on any atom is 0.303 e. The Hall–Kier alpha value is -2.21. The minimum atomic E-state index is -1.79. The van der Waals surface area contributed by atoms with Gasteiger partial charge in [-0.1, -0.05) is 33.6 Å². The van der Waals surface area contributed by atoms with E-state index >= 15 is 0 Å². The van der Waals surface area contributed by atoms with Gasteiger partial charge in [-0.2, -0.15) is 0 Å². The first-order valence-corrected chi connectivity index (χ1v) is 11.8. The number of alkyl halides is 1. The second-order valence-electron chi connectivity index (χ2n) is 7.98. The Morgan fingerprint density at radius 3 is 2.18 bits per heavy atom. The first-order valence-electron chi connectivity index (χ1n) is 10.3. The molecule has 3 rings (SSSR count). The lowest BCUT2D eigenvalue weighted by molar-refractivity contribution is -0.334. The Morgan fingerprint density at radius 2 is 1.62 bits per heavy atom. The molecule has 0 aromatic heterocycles. The fraction of sp³-hybridized carbons (Fsp3) is 0.545. The summed E-state index contributed by atoms with van der Waals surface area (Å²) in [7, 11) is 0. The van der Waals surface area contributed by atoms with Gasteiger partial charge in [0.15, 0.2) is 17.8 Å². The molecule has 5 atom stereocenters. The van der Waals surface area contributed by atoms with Gasteiger partial charge in [0.2, 0.25) is 11.9 Å². The molecular weight excluding hydrogens is 540 g/mol. The van der Waals surface area contributed by atoms with Crippen LogP contribution in [-0.4, -0.2) is 61.0 Å². The van der Waals surface area contributed by atoms with Crippen LogP contribution in [0.4, 0.5) is 0 Å². The quantitative estimate of drug-likeness (QED) is 0.278. The second-order valence-corrected chi connectivity index (χ2v) is 8.95. The summed E-state index contributed by atoms with van der Waals surface area (Å²) in [5, 5.41) is 0.867. The molecule has 0 N–H and O–H groups in total. The van der Waals surface area contributed by atoms with Crippen LogP contribution in [0, 0.1) is 0 Å². The standard InChI is InChI=1S/C22H24BrClO10/c1-11(25)29-9-21-10-30-22(34-21,16-5-6-17(24)15(7-16)8-23)20(33-14(4)28)18(31-12(2)26)19(21)32-13(3)27/h5-7,18-20H,8-10H2,1-4H3/t18?,19?,20?,21?,22-/m0/s1. The van der Waals surface area contributed by atoms with E-state index in [1.807, 2.05) is 0 Å². The topological polar surface area (TPSA) is 124 Å². The molecule has 4 unspecified atom stereocenters. The summed E-state index contributed by atoms with van der Waals surface area (Å²) in [4.78, 5) is 47.8. The van der Waals surface area contributed by atoms with E-state index in [9.17, 15) is 19.2 Å². The van der Waals surface area contributed by atoms with Crippen molar-refractivity contribution >= 4 is 51.4 Å². The zero-order chi connectivity index (χ0) is 25.3. The molecule has 10 nitrogen and oxygen atoms in total. The molecule has 34 heavy (non-hydrogen) atoms. The van der Waals surface area contributed by atoms with Gasteiger partial charge in [-0.25, -0.2) is 0 Å². The number of ether oxygens (including phenoxy) is 6. The highest BCUT2D eigenvalue weighted by molar-refractivity contribution is 9.08. The third-order valence-electron chi connectivity index (χ3n) is 5.38. The molecule has 2 saturated heterocycles. The fourth-order valence-corrected chi connectivity index (χ4v) is 4.92. The van der Waals surface area contributed by atoms with E-state index in [2.05, 4.69) is 15.9 Å². The summed E-state index contributed by atoms with van der Waals surface area (Å²) in [6.07, 6.45) is -4.05. The average molecular weight is 564 g/mol. The normalized spacial score (nSPS) is 29.8. The highest BCUT2D eigenvalue weighted by atomic mass is 79.9. The summed E-state index contributed by atoms with van der Waals surface area (Å²) in [5.74, 6) is -4.57. The summed E-state index contributed by atoms with van der Waals surface area (Å²) in [6, 6.07) is 4.92. The number of carbonyl (C=O) groups excluding carboxylic acids is 4. The van der Waals surface area contributed by atoms with Crippen LogP contribution in [0.25, 0.3) is 0 Å². The van der Waals surface area contributed by atoms with E-state index in [0.29, 0.717) is 21.5 Å². The van der Waals surface area contributed by atoms with Gasteiger partial charge in [0.25, 0.3) is 0 Å². The Kier molecular flexibility index (Phi) is 7.91. The predicted molar refractivity (Wildman–Crippen MR) is 119 cm³/mol. The summed E-state index contributed by atoms with van der Waals surface area (Å²) >= 11 is 9.63. The zero-order valence-electron chi connectivity index (χ0n) is 18.9. The average Bonchev–Trinajstić information content (AvgIpc) is 3.11. The van der Waals surface area contributed by atoms with Crippen molar-refractivity contribution in [3.8, 4) is 0 Å². The van der Waals surface area contributed by atoms with E-state index in [1.165, 1.54) is 13.8 Å². The molecule has 2 fully saturated rings. The summed E-state index contributed by atoms with van der Waals surface area (Å²) in [6.45, 7) is 4.07. The number of carbonyl (C=O) groups is 4. The van der Waals surface area contributed by atoms with E-state index in [0.717, 1.165) is 13.8 Å². The molecule has 0 spiro atoms. The smallest absolute Gasteiger partial charge is 0.303 e. The lowest BCUT2D eigenvalue weighted by Gasteiger charge is -2.49. The van der Waals surface area contributed by atoms with Crippen LogP contribution < -0.4 is 0 Å². The highest BCUT2D eigenvalue weighted by Crippen LogP contribution is 2.53. The molecule has 2 aliphatic heterocycles. The van der Waals surface area contributed by atoms with E-state index in [4.69, 9.17) is 40.0 Å². The zero-order valence-corrected chi connectivity index (χ0v) is 21.3. The molecule has 12 heteroatoms. The molecule has 2 bridgehead atoms. The lowest BCUT2D eigenvalue weighted by Crippen LogP contribution is -2.68. The molecule has 0 amide bonds. The van der Waals surface area contributed by atoms with Gasteiger partial charge in [0, 0.05) is 43.6 Å². The van der Waals surface area contributed by atoms with Gasteiger partial charge in [-0.3, -0.25) is 19.2 Å². The van der Waals surface area contributed by atoms with Crippen molar-refractivity contribution < 1.29 is 47.6 Å². The van der Waals surface area contributed by atoms with E-state index in [-0.39, 0.29) is 13.2 Å². The summed E-state index contributed by atoms with van der Waals surface area (Å²) < 4.78 is 34.3. The highest BCUT2D eigenvalue weighted by Gasteiger charge is 2.72. The summed E-state index contributed by atoms with van der Waals surface area (Å²) in [5.41, 5.74) is -0.478. The minimum Gasteiger partial charge on any atom is -0.463 e. The van der Waals surface area contributed by atoms with Crippen molar-refractivity contribution in [3.05, 3.63) is 34.3 Å². The number of hydrogen-bond acceptors (Lipinski definition) is 10. The number of fused-ring (bicyclic) bond motifs is 2. The molecule has 186 valence electrons. The monoisotopic (exact) mass is 562 g/mol. The first-order chi connectivity index (χ1) is 15.9. The van der Waals surface area contributed by atoms with Crippen molar-refractivity contribution in [2.24, 2.45) is 0 Å². The van der Waals surface area contributed by atoms with E-state index in [1.54, 1.807) is 18.2 Å². The van der Waals surface area contributed by atoms with Crippen molar-refractivity contribution in [2.45, 2.75) is 62.7 Å². The Morgan fingerprint density at radius 1 is 1.00 bits per heavy atom. The number of hydrogen-bond donors (Lipinski definition) is 0. The van der Waals surface area contributed by atoms with Crippen LogP contribution in [0.5, 0.6) is 0 Å². The number of benzene rings is 1. The Bertz CT molecular complexity index is 1000. The maximum atomic E-state index is 12.1. The van der Waals surface area contributed by atoms with E-state index < -0.39 is 53.6 Å². The second kappa shape index (κ2) is 10.2. The van der Waals surface area contributed by atoms with Gasteiger partial charge < -0.3 is 28.4 Å². The third kappa shape index (κ3) is 5.07. The molecular formula is C22H24BrClO10. The molecule has 0 aliphatic carbocycles. The molecule has 1 aromatic rings. The molecule has 0 saturated carbocycles. The van der Waals surface area contributed by atoms with Crippen LogP contribution in [0.3, 0.4) is 0 Å². The maximum absolute atomic E-state index is 12.1. The molecule has 0 radical (unpaired) electrons. The third-order valence-corrected chi connectivity index (χ3v) is 6.35. The van der Waals surface area contributed by atoms with Gasteiger partial charge in [0.05, 0.1) is 6.61 Å². The van der Waals surface area contributed by atoms with Gasteiger partial charge >= 0.3 is 23.9 Å². The van der Waals surface area contributed by atoms with Gasteiger partial charge in [0.1, 0.15) is 6.61 Å². The molecule has 2 aliphatic rings. The molecule has 1 aromatic carbocycles. The number of esters is 4. The van der Waals surface area contributed by atoms with Crippen molar-refractivity contribution in [2.75, 3.05) is 13.2 Å². The largest absolute Gasteiger partial charge is 0.463 e. The van der Waals surface area contributed by atoms with Crippen LogP contribution in [0.15, 0.2) is 18.2 Å². The predicted octanol–water partition coefficient (Wildman–Crippen LogP) is 2.55. The van der Waals surface area contributed by atoms with Crippen LogP contribution in [-0.2, 0) is 58.7 Å². The minimum absolute atomic E-state index is 0.236. The Balaban J connectivity index is 2.23. The number of rotatable bonds is 7. The molecule has 2 heterocycles. The van der Waals surface area contributed by atoms with Crippen LogP contribution in [0.2, 0.25) is 5.02 Å². The Labute approximate surface area is 209 Å². The van der Waals surface area contributed by atoms with Gasteiger partial charge in [-0.05, 0) is 17.7 Å². The van der Waals surface area contributed by atoms with Crippen molar-refractivity contribution in [1.82, 2.24) is 0 Å².